The van der Waals surface area contributed by atoms with Crippen molar-refractivity contribution in [3.05, 3.63) is 12.2 Å². The molecule has 1 N–H and O–H groups in total. The number of aryl methyl sites for hydroxylation is 1. The highest BCUT2D eigenvalue weighted by molar-refractivity contribution is 5.86. The van der Waals surface area contributed by atoms with Crippen LogP contribution in [0.3, 0.4) is 0 Å². The van der Waals surface area contributed by atoms with Crippen LogP contribution >= 0.6 is 0 Å². The van der Waals surface area contributed by atoms with Gasteiger partial charge in [0.15, 0.2) is 0 Å². The summed E-state index contributed by atoms with van der Waals surface area (Å²) in [5.41, 5.74) is -0.641. The molecule has 1 saturated heterocycles. The maximum atomic E-state index is 12.9. The van der Waals surface area contributed by atoms with Gasteiger partial charge in [-0.3, -0.25) is 10.1 Å². The molecule has 150 valence electrons. The Morgan fingerprint density at radius 2 is 1.89 bits per heavy atom. The molecule has 0 unspecified atom stereocenters. The van der Waals surface area contributed by atoms with E-state index in [2.05, 4.69) is 39.0 Å². The van der Waals surface area contributed by atoms with E-state index in [0.29, 0.717) is 19.1 Å². The van der Waals surface area contributed by atoms with Crippen LogP contribution in [0.1, 0.15) is 65.6 Å². The van der Waals surface area contributed by atoms with Gasteiger partial charge in [0.2, 0.25) is 11.9 Å². The highest BCUT2D eigenvalue weighted by Gasteiger charge is 2.43. The van der Waals surface area contributed by atoms with Gasteiger partial charge in [-0.25, -0.2) is 9.97 Å². The zero-order chi connectivity index (χ0) is 19.7. The van der Waals surface area contributed by atoms with E-state index in [0.717, 1.165) is 31.2 Å². The van der Waals surface area contributed by atoms with E-state index in [1.807, 2.05) is 25.7 Å². The number of aromatic nitrogens is 3. The van der Waals surface area contributed by atoms with Crippen LogP contribution in [0.25, 0.3) is 0 Å². The van der Waals surface area contributed by atoms with Crippen LogP contribution in [-0.2, 0) is 4.79 Å². The maximum absolute atomic E-state index is 12.9. The molecule has 0 aromatic carbocycles. The number of carbonyl (C=O) groups is 1. The van der Waals surface area contributed by atoms with Crippen molar-refractivity contribution in [2.24, 2.45) is 0 Å². The largest absolute Gasteiger partial charge is 0.338 e. The van der Waals surface area contributed by atoms with Crippen LogP contribution < -0.4 is 10.2 Å². The average molecular weight is 375 g/mol. The second-order valence-electron chi connectivity index (χ2n) is 9.18. The van der Waals surface area contributed by atoms with Crippen LogP contribution in [0.2, 0.25) is 0 Å². The minimum atomic E-state index is -0.541. The number of rotatable bonds is 5. The first kappa shape index (κ1) is 20.0. The first-order valence-corrected chi connectivity index (χ1v) is 10.2. The summed E-state index contributed by atoms with van der Waals surface area (Å²) in [4.78, 5) is 30.4. The topological polar surface area (TPSA) is 74.2 Å². The molecular weight excluding hydrogens is 340 g/mol. The number of hydrogen-bond donors (Lipinski definition) is 1. The van der Waals surface area contributed by atoms with Gasteiger partial charge in [0.05, 0.1) is 5.54 Å². The molecule has 2 aliphatic rings. The number of anilines is 1. The first-order valence-electron chi connectivity index (χ1n) is 10.2. The maximum Gasteiger partial charge on any atom is 0.242 e. The Bertz CT molecular complexity index is 668. The molecule has 2 heterocycles. The van der Waals surface area contributed by atoms with Crippen molar-refractivity contribution in [1.82, 2.24) is 25.2 Å². The van der Waals surface area contributed by atoms with E-state index >= 15 is 0 Å². The molecule has 7 heteroatoms. The molecule has 1 aromatic heterocycles. The van der Waals surface area contributed by atoms with Crippen molar-refractivity contribution in [3.63, 3.8) is 0 Å². The van der Waals surface area contributed by atoms with E-state index in [9.17, 15) is 4.79 Å². The van der Waals surface area contributed by atoms with Crippen LogP contribution in [0.4, 0.5) is 5.95 Å². The molecule has 0 spiro atoms. The van der Waals surface area contributed by atoms with E-state index in [-0.39, 0.29) is 11.4 Å². The van der Waals surface area contributed by atoms with Crippen molar-refractivity contribution < 1.29 is 4.79 Å². The molecule has 7 nitrogen and oxygen atoms in total. The van der Waals surface area contributed by atoms with Gasteiger partial charge in [0.25, 0.3) is 0 Å². The summed E-state index contributed by atoms with van der Waals surface area (Å²) >= 11 is 0. The lowest BCUT2D eigenvalue weighted by Crippen LogP contribution is -2.70. The minimum Gasteiger partial charge on any atom is -0.338 e. The second-order valence-corrected chi connectivity index (χ2v) is 9.18. The van der Waals surface area contributed by atoms with Gasteiger partial charge in [-0.05, 0) is 47.5 Å². The van der Waals surface area contributed by atoms with Crippen LogP contribution in [0, 0.1) is 6.92 Å². The molecule has 1 aliphatic heterocycles. The predicted molar refractivity (Wildman–Crippen MR) is 107 cm³/mol. The Kier molecular flexibility index (Phi) is 5.70. The van der Waals surface area contributed by atoms with Crippen LogP contribution in [-0.4, -0.2) is 62.5 Å². The number of carbonyl (C=O) groups excluding carboxylic acids is 1. The number of nitrogens with one attached hydrogen (secondary N) is 1. The SMILES string of the molecule is Cc1ncnc(N(CCN2CC(C)(C)NC(C)(C)C2=O)C2CCCCC2)n1. The van der Waals surface area contributed by atoms with Gasteiger partial charge in [-0.2, -0.15) is 4.98 Å². The van der Waals surface area contributed by atoms with Crippen molar-refractivity contribution in [3.8, 4) is 0 Å². The van der Waals surface area contributed by atoms with Crippen molar-refractivity contribution in [1.29, 1.82) is 0 Å². The Hall–Kier alpha value is -1.76. The quantitative estimate of drug-likeness (QED) is 0.852. The van der Waals surface area contributed by atoms with E-state index in [1.165, 1.54) is 19.3 Å². The smallest absolute Gasteiger partial charge is 0.242 e. The van der Waals surface area contributed by atoms with Gasteiger partial charge in [0, 0.05) is 31.2 Å². The average Bonchev–Trinajstić information content (AvgIpc) is 2.59. The lowest BCUT2D eigenvalue weighted by molar-refractivity contribution is -0.143. The zero-order valence-corrected chi connectivity index (χ0v) is 17.5. The molecule has 1 saturated carbocycles. The Morgan fingerprint density at radius 3 is 2.56 bits per heavy atom. The minimum absolute atomic E-state index is 0.100. The van der Waals surface area contributed by atoms with Gasteiger partial charge < -0.3 is 9.80 Å². The molecular formula is C20H34N6O. The molecule has 0 bridgehead atoms. The fourth-order valence-corrected chi connectivity index (χ4v) is 4.64. The van der Waals surface area contributed by atoms with Crippen molar-refractivity contribution in [2.45, 2.75) is 83.8 Å². The number of amides is 1. The molecule has 1 amide bonds. The summed E-state index contributed by atoms with van der Waals surface area (Å²) in [7, 11) is 0. The summed E-state index contributed by atoms with van der Waals surface area (Å²) in [5.74, 6) is 1.65. The zero-order valence-electron chi connectivity index (χ0n) is 17.5. The fraction of sp³-hybridized carbons (Fsp3) is 0.800. The molecule has 0 radical (unpaired) electrons. The number of piperazine rings is 1. The third kappa shape index (κ3) is 4.75. The molecule has 27 heavy (non-hydrogen) atoms. The molecule has 2 fully saturated rings. The predicted octanol–water partition coefficient (Wildman–Crippen LogP) is 2.31. The van der Waals surface area contributed by atoms with E-state index in [1.54, 1.807) is 6.33 Å². The lowest BCUT2D eigenvalue weighted by Gasteiger charge is -2.48. The first-order chi connectivity index (χ1) is 12.7. The van der Waals surface area contributed by atoms with Gasteiger partial charge in [-0.15, -0.1) is 0 Å². The highest BCUT2D eigenvalue weighted by atomic mass is 16.2. The van der Waals surface area contributed by atoms with E-state index in [4.69, 9.17) is 0 Å². The molecule has 3 rings (SSSR count). The van der Waals surface area contributed by atoms with Crippen molar-refractivity contribution >= 4 is 11.9 Å². The third-order valence-corrected chi connectivity index (χ3v) is 5.62. The van der Waals surface area contributed by atoms with Crippen LogP contribution in [0.15, 0.2) is 6.33 Å². The summed E-state index contributed by atoms with van der Waals surface area (Å²) < 4.78 is 0. The third-order valence-electron chi connectivity index (χ3n) is 5.62. The fourth-order valence-electron chi connectivity index (χ4n) is 4.64. The van der Waals surface area contributed by atoms with Crippen molar-refractivity contribution in [2.75, 3.05) is 24.5 Å². The summed E-state index contributed by atoms with van der Waals surface area (Å²) in [6.45, 7) is 12.3. The molecule has 1 aliphatic carbocycles. The highest BCUT2D eigenvalue weighted by Crippen LogP contribution is 2.26. The van der Waals surface area contributed by atoms with Gasteiger partial charge in [0.1, 0.15) is 12.2 Å². The number of nitrogens with zero attached hydrogens (tertiary/aromatic N) is 5. The van der Waals surface area contributed by atoms with E-state index < -0.39 is 5.54 Å². The Labute approximate surface area is 163 Å². The standard InChI is InChI=1S/C20H34N6O/c1-15-21-14-22-18(23-15)26(16-9-7-6-8-10-16)12-11-25-13-19(2,3)24-20(4,5)17(25)27/h14,16,24H,6-13H2,1-5H3. The Balaban J connectivity index is 1.77. The Morgan fingerprint density at radius 1 is 1.19 bits per heavy atom. The summed E-state index contributed by atoms with van der Waals surface area (Å²) in [5, 5.41) is 3.46. The second kappa shape index (κ2) is 7.70. The normalized spacial score (nSPS) is 22.7. The summed E-state index contributed by atoms with van der Waals surface area (Å²) in [6.07, 6.45) is 7.72. The van der Waals surface area contributed by atoms with Gasteiger partial charge >= 0.3 is 0 Å². The number of hydrogen-bond acceptors (Lipinski definition) is 6. The molecule has 0 atom stereocenters. The lowest BCUT2D eigenvalue weighted by atomic mass is 9.90. The molecule has 1 aromatic rings. The van der Waals surface area contributed by atoms with Crippen LogP contribution in [0.5, 0.6) is 0 Å². The monoisotopic (exact) mass is 374 g/mol. The summed E-state index contributed by atoms with van der Waals surface area (Å²) in [6, 6.07) is 0.444. The van der Waals surface area contributed by atoms with Gasteiger partial charge in [-0.1, -0.05) is 19.3 Å².